The Bertz CT molecular complexity index is 3980. The van der Waals surface area contributed by atoms with Crippen LogP contribution in [0.1, 0.15) is 116 Å². The molecule has 4 aromatic heterocycles. The summed E-state index contributed by atoms with van der Waals surface area (Å²) < 4.78 is 91.2. The van der Waals surface area contributed by atoms with Crippen molar-refractivity contribution in [2.24, 2.45) is 0 Å². The lowest BCUT2D eigenvalue weighted by atomic mass is 9.79. The molecule has 0 aliphatic heterocycles. The third kappa shape index (κ3) is 9.81. The number of nitrogens with zero attached hydrogens (tertiary/aromatic N) is 6. The van der Waals surface area contributed by atoms with Gasteiger partial charge < -0.3 is 9.13 Å². The summed E-state index contributed by atoms with van der Waals surface area (Å²) in [5.41, 5.74) is 8.57. The van der Waals surface area contributed by atoms with E-state index in [0.717, 1.165) is 85.1 Å². The van der Waals surface area contributed by atoms with Gasteiger partial charge in [-0.1, -0.05) is 132 Å². The monoisotopic (exact) mass is 1080 g/mol. The minimum absolute atomic E-state index is 0.00994. The maximum atomic E-state index is 14.6. The molecule has 0 unspecified atom stereocenters. The Kier molecular flexibility index (Phi) is 12.6. The minimum atomic E-state index is -4.77. The van der Waals surface area contributed by atoms with E-state index in [-0.39, 0.29) is 43.5 Å². The van der Waals surface area contributed by atoms with Crippen molar-refractivity contribution in [2.45, 2.75) is 117 Å². The Morgan fingerprint density at radius 2 is 0.700 bits per heavy atom. The summed E-state index contributed by atoms with van der Waals surface area (Å²) in [6.45, 7) is 26.2. The number of alkyl halides is 6. The standard InChI is InChI=1S/C68H62F6N6/c1-63(2,3)44-29-40(30-45(34-44)64(4,5)6)61-76-60(77-62(78-61)41-31-46(65(7,8)9)35-47(32-41)66(10,11)12)39-21-24-56(80-57-25-22-42(67(69,70)71)36-51(57)52-37-43(68(72,73)74)23-26-58(52)80)50(33-39)53-38-75-28-27-59(53)79-54-19-15-13-17-48(54)49-18-14-16-20-55(49)79/h13-38H,1-12H3. The van der Waals surface area contributed by atoms with Gasteiger partial charge in [-0.15, -0.1) is 0 Å². The highest BCUT2D eigenvalue weighted by Gasteiger charge is 2.34. The quantitative estimate of drug-likeness (QED) is 0.156. The van der Waals surface area contributed by atoms with Gasteiger partial charge in [0.15, 0.2) is 17.5 Å². The van der Waals surface area contributed by atoms with Gasteiger partial charge in [0.25, 0.3) is 0 Å². The van der Waals surface area contributed by atoms with E-state index < -0.39 is 23.5 Å². The molecule has 80 heavy (non-hydrogen) atoms. The molecule has 0 bridgehead atoms. The predicted molar refractivity (Wildman–Crippen MR) is 313 cm³/mol. The Hall–Kier alpha value is -8.12. The van der Waals surface area contributed by atoms with Crippen LogP contribution in [0.2, 0.25) is 0 Å². The molecule has 0 N–H and O–H groups in total. The predicted octanol–water partition coefficient (Wildman–Crippen LogP) is 19.4. The Morgan fingerprint density at radius 1 is 0.325 bits per heavy atom. The van der Waals surface area contributed by atoms with E-state index in [0.29, 0.717) is 39.9 Å². The summed E-state index contributed by atoms with van der Waals surface area (Å²) in [6, 6.07) is 43.4. The highest BCUT2D eigenvalue weighted by molar-refractivity contribution is 6.12. The second-order valence-corrected chi connectivity index (χ2v) is 25.2. The van der Waals surface area contributed by atoms with Crippen molar-refractivity contribution in [3.63, 3.8) is 0 Å². The first-order chi connectivity index (χ1) is 37.4. The van der Waals surface area contributed by atoms with Crippen molar-refractivity contribution in [3.8, 4) is 56.7 Å². The molecule has 7 aromatic carbocycles. The van der Waals surface area contributed by atoms with Crippen LogP contribution in [0.15, 0.2) is 158 Å². The van der Waals surface area contributed by atoms with E-state index in [9.17, 15) is 26.3 Å². The highest BCUT2D eigenvalue weighted by atomic mass is 19.4. The average molecular weight is 1080 g/mol. The van der Waals surface area contributed by atoms with Crippen molar-refractivity contribution in [1.82, 2.24) is 29.1 Å². The van der Waals surface area contributed by atoms with Crippen LogP contribution in [0.3, 0.4) is 0 Å². The molecule has 6 nitrogen and oxygen atoms in total. The second kappa shape index (κ2) is 18.7. The fourth-order valence-electron chi connectivity index (χ4n) is 10.7. The van der Waals surface area contributed by atoms with E-state index in [1.807, 2.05) is 60.7 Å². The van der Waals surface area contributed by atoms with Crippen molar-refractivity contribution < 1.29 is 26.3 Å². The molecule has 0 aliphatic carbocycles. The number of halogens is 6. The lowest BCUT2D eigenvalue weighted by Gasteiger charge is -2.26. The zero-order valence-corrected chi connectivity index (χ0v) is 47.0. The number of aromatic nitrogens is 6. The van der Waals surface area contributed by atoms with E-state index in [1.54, 1.807) is 17.0 Å². The first kappa shape index (κ1) is 53.9. The maximum absolute atomic E-state index is 14.6. The van der Waals surface area contributed by atoms with E-state index in [1.165, 1.54) is 12.1 Å². The molecule has 0 saturated carbocycles. The number of fused-ring (bicyclic) bond motifs is 6. The SMILES string of the molecule is CC(C)(C)c1cc(-c2nc(-c3cc(C(C)(C)C)cc(C(C)(C)C)c3)nc(-c3ccc(-n4c5ccc(C(F)(F)F)cc5c5cc(C(F)(F)F)ccc54)c(-c4cnccc4-n4c5ccccc5c5ccccc54)c3)n2)cc(C(C)(C)C)c1. The molecule has 406 valence electrons. The van der Waals surface area contributed by atoms with Crippen LogP contribution in [0.4, 0.5) is 26.3 Å². The topological polar surface area (TPSA) is 61.4 Å². The zero-order valence-electron chi connectivity index (χ0n) is 47.0. The Labute approximate surface area is 462 Å². The molecule has 0 aliphatic rings. The Balaban J connectivity index is 1.26. The molecular formula is C68H62F6N6. The van der Waals surface area contributed by atoms with Crippen molar-refractivity contribution in [1.29, 1.82) is 0 Å². The molecule has 0 spiro atoms. The number of benzene rings is 7. The maximum Gasteiger partial charge on any atom is 0.416 e. The van der Waals surface area contributed by atoms with Crippen molar-refractivity contribution >= 4 is 43.6 Å². The van der Waals surface area contributed by atoms with Gasteiger partial charge in [-0.25, -0.2) is 15.0 Å². The van der Waals surface area contributed by atoms with Crippen LogP contribution >= 0.6 is 0 Å². The van der Waals surface area contributed by atoms with Gasteiger partial charge in [0.2, 0.25) is 0 Å². The van der Waals surface area contributed by atoms with E-state index >= 15 is 0 Å². The lowest BCUT2D eigenvalue weighted by Crippen LogP contribution is -2.17. The fourth-order valence-corrected chi connectivity index (χ4v) is 10.7. The second-order valence-electron chi connectivity index (χ2n) is 25.2. The minimum Gasteiger partial charge on any atom is -0.309 e. The molecule has 4 heterocycles. The third-order valence-electron chi connectivity index (χ3n) is 15.3. The number of para-hydroxylation sites is 2. The molecular weight excluding hydrogens is 1010 g/mol. The van der Waals surface area contributed by atoms with Gasteiger partial charge in [0.1, 0.15) is 0 Å². The van der Waals surface area contributed by atoms with Crippen molar-refractivity contribution in [3.05, 3.63) is 191 Å². The lowest BCUT2D eigenvalue weighted by molar-refractivity contribution is -0.138. The molecule has 11 rings (SSSR count). The number of pyridine rings is 1. The van der Waals surface area contributed by atoms with Gasteiger partial charge >= 0.3 is 12.4 Å². The van der Waals surface area contributed by atoms with Crippen LogP contribution < -0.4 is 0 Å². The molecule has 0 radical (unpaired) electrons. The van der Waals surface area contributed by atoms with Gasteiger partial charge in [0, 0.05) is 61.8 Å². The van der Waals surface area contributed by atoms with Crippen LogP contribution in [0.25, 0.3) is 100 Å². The van der Waals surface area contributed by atoms with Crippen LogP contribution in [-0.4, -0.2) is 29.1 Å². The zero-order chi connectivity index (χ0) is 57.2. The number of rotatable bonds is 6. The summed E-state index contributed by atoms with van der Waals surface area (Å²) in [7, 11) is 0. The van der Waals surface area contributed by atoms with Crippen LogP contribution in [0, 0.1) is 0 Å². The summed E-state index contributed by atoms with van der Waals surface area (Å²) in [4.78, 5) is 20.8. The first-order valence-corrected chi connectivity index (χ1v) is 26.8. The van der Waals surface area contributed by atoms with Crippen LogP contribution in [0.5, 0.6) is 0 Å². The Morgan fingerprint density at radius 3 is 1.10 bits per heavy atom. The number of hydrogen-bond donors (Lipinski definition) is 0. The van der Waals surface area contributed by atoms with Gasteiger partial charge in [-0.05, 0) is 141 Å². The van der Waals surface area contributed by atoms with Gasteiger partial charge in [0.05, 0.1) is 44.6 Å². The van der Waals surface area contributed by atoms with E-state index in [4.69, 9.17) is 19.9 Å². The van der Waals surface area contributed by atoms with Crippen LogP contribution in [-0.2, 0) is 34.0 Å². The smallest absolute Gasteiger partial charge is 0.309 e. The average Bonchev–Trinajstić information content (AvgIpc) is 3.93. The first-order valence-electron chi connectivity index (χ1n) is 26.8. The van der Waals surface area contributed by atoms with Gasteiger partial charge in [-0.3, -0.25) is 4.98 Å². The van der Waals surface area contributed by atoms with Crippen molar-refractivity contribution in [2.75, 3.05) is 0 Å². The molecule has 0 fully saturated rings. The summed E-state index contributed by atoms with van der Waals surface area (Å²) in [5, 5.41) is 2.05. The fraction of sp³-hybridized carbons (Fsp3) is 0.265. The summed E-state index contributed by atoms with van der Waals surface area (Å²) >= 11 is 0. The van der Waals surface area contributed by atoms with E-state index in [2.05, 4.69) is 136 Å². The molecule has 12 heteroatoms. The molecule has 0 saturated heterocycles. The van der Waals surface area contributed by atoms with Gasteiger partial charge in [-0.2, -0.15) is 26.3 Å². The third-order valence-corrected chi connectivity index (χ3v) is 15.3. The molecule has 0 atom stereocenters. The largest absolute Gasteiger partial charge is 0.416 e. The molecule has 11 aromatic rings. The summed E-state index contributed by atoms with van der Waals surface area (Å²) in [6.07, 6.45) is -6.07. The number of hydrogen-bond acceptors (Lipinski definition) is 4. The normalized spacial score (nSPS) is 13.1. The molecule has 0 amide bonds. The summed E-state index contributed by atoms with van der Waals surface area (Å²) in [5.74, 6) is 1.27. The highest BCUT2D eigenvalue weighted by Crippen LogP contribution is 2.45.